The zero-order chi connectivity index (χ0) is 8.49. The molecule has 0 unspecified atom stereocenters. The zero-order valence-electron chi connectivity index (χ0n) is 7.71. The monoisotopic (exact) mass is 162 g/mol. The van der Waals surface area contributed by atoms with E-state index in [0.717, 1.165) is 12.8 Å². The summed E-state index contributed by atoms with van der Waals surface area (Å²) in [4.78, 5) is 0. The van der Waals surface area contributed by atoms with Crippen LogP contribution in [0, 0.1) is 0 Å². The maximum absolute atomic E-state index is 2.30. The maximum Gasteiger partial charge on any atom is -0.0169 e. The molecule has 0 radical (unpaired) electrons. The van der Waals surface area contributed by atoms with Crippen molar-refractivity contribution in [3.63, 3.8) is 0 Å². The van der Waals surface area contributed by atoms with E-state index in [1.165, 1.54) is 25.7 Å². The second-order valence-corrected chi connectivity index (χ2v) is 3.17. The van der Waals surface area contributed by atoms with E-state index in [2.05, 4.69) is 36.5 Å². The topological polar surface area (TPSA) is 0 Å². The van der Waals surface area contributed by atoms with Crippen molar-refractivity contribution in [1.82, 2.24) is 0 Å². The van der Waals surface area contributed by atoms with Gasteiger partial charge in [-0.25, -0.2) is 0 Å². The number of rotatable bonds is 0. The summed E-state index contributed by atoms with van der Waals surface area (Å²) < 4.78 is 0. The third kappa shape index (κ3) is 4.95. The molecule has 0 aromatic carbocycles. The summed E-state index contributed by atoms with van der Waals surface area (Å²) in [5.41, 5.74) is 0. The predicted molar refractivity (Wildman–Crippen MR) is 55.1 cm³/mol. The molecule has 0 amide bonds. The Bertz CT molecular complexity index is 152. The average Bonchev–Trinajstić information content (AvgIpc) is 2.05. The van der Waals surface area contributed by atoms with E-state index in [-0.39, 0.29) is 0 Å². The summed E-state index contributed by atoms with van der Waals surface area (Å²) in [5.74, 6) is 0. The van der Waals surface area contributed by atoms with Gasteiger partial charge in [0.05, 0.1) is 0 Å². The lowest BCUT2D eigenvalue weighted by molar-refractivity contribution is 0.760. The summed E-state index contributed by atoms with van der Waals surface area (Å²) in [6.45, 7) is 0. The molecule has 0 aromatic rings. The first-order valence-corrected chi connectivity index (χ1v) is 4.95. The van der Waals surface area contributed by atoms with Gasteiger partial charge in [0.25, 0.3) is 0 Å². The molecule has 0 saturated heterocycles. The number of hydrogen-bond donors (Lipinski definition) is 0. The standard InChI is InChI=1S/C12H18/c1-2-4-6-8-10-12-11-9-7-5-3-1/h1-2,5-8H,3-4,9-12H2/b2-1+,7-5+,8-6+. The Kier molecular flexibility index (Phi) is 5.35. The fraction of sp³-hybridized carbons (Fsp3) is 0.500. The predicted octanol–water partition coefficient (Wildman–Crippen LogP) is 4.01. The van der Waals surface area contributed by atoms with Gasteiger partial charge in [0.2, 0.25) is 0 Å². The van der Waals surface area contributed by atoms with Gasteiger partial charge < -0.3 is 0 Å². The lowest BCUT2D eigenvalue weighted by Crippen LogP contribution is -1.73. The van der Waals surface area contributed by atoms with E-state index < -0.39 is 0 Å². The Labute approximate surface area is 75.7 Å². The summed E-state index contributed by atoms with van der Waals surface area (Å²) in [6.07, 6.45) is 21.0. The fourth-order valence-electron chi connectivity index (χ4n) is 1.30. The molecule has 0 aliphatic heterocycles. The summed E-state index contributed by atoms with van der Waals surface area (Å²) >= 11 is 0. The van der Waals surface area contributed by atoms with Crippen LogP contribution in [0.4, 0.5) is 0 Å². The van der Waals surface area contributed by atoms with Gasteiger partial charge in [-0.1, -0.05) is 36.5 Å². The molecule has 12 heavy (non-hydrogen) atoms. The number of hydrogen-bond acceptors (Lipinski definition) is 0. The Morgan fingerprint density at radius 1 is 0.500 bits per heavy atom. The first-order valence-electron chi connectivity index (χ1n) is 4.95. The highest BCUT2D eigenvalue weighted by Crippen LogP contribution is 2.04. The minimum atomic E-state index is 1.10. The molecule has 0 N–H and O–H groups in total. The van der Waals surface area contributed by atoms with Crippen LogP contribution >= 0.6 is 0 Å². The van der Waals surface area contributed by atoms with Gasteiger partial charge in [-0.2, -0.15) is 0 Å². The van der Waals surface area contributed by atoms with E-state index in [4.69, 9.17) is 0 Å². The second-order valence-electron chi connectivity index (χ2n) is 3.17. The third-order valence-electron chi connectivity index (χ3n) is 2.04. The lowest BCUT2D eigenvalue weighted by atomic mass is 10.1. The molecule has 0 saturated carbocycles. The van der Waals surface area contributed by atoms with Crippen molar-refractivity contribution >= 4 is 0 Å². The third-order valence-corrected chi connectivity index (χ3v) is 2.04. The van der Waals surface area contributed by atoms with Crippen LogP contribution in [-0.4, -0.2) is 0 Å². The molecule has 1 aliphatic carbocycles. The molecular weight excluding hydrogens is 144 g/mol. The molecule has 0 heterocycles. The van der Waals surface area contributed by atoms with E-state index in [9.17, 15) is 0 Å². The highest BCUT2D eigenvalue weighted by molar-refractivity contribution is 4.97. The van der Waals surface area contributed by atoms with Crippen LogP contribution in [0.5, 0.6) is 0 Å². The van der Waals surface area contributed by atoms with Crippen molar-refractivity contribution in [1.29, 1.82) is 0 Å². The van der Waals surface area contributed by atoms with Crippen molar-refractivity contribution in [2.24, 2.45) is 0 Å². The fourth-order valence-corrected chi connectivity index (χ4v) is 1.30. The van der Waals surface area contributed by atoms with E-state index >= 15 is 0 Å². The quantitative estimate of drug-likeness (QED) is 0.472. The Hall–Kier alpha value is -0.780. The smallest absolute Gasteiger partial charge is 0.0169 e. The molecule has 0 fully saturated rings. The summed E-state index contributed by atoms with van der Waals surface area (Å²) in [5, 5.41) is 0. The Balaban J connectivity index is 2.31. The average molecular weight is 162 g/mol. The zero-order valence-corrected chi connectivity index (χ0v) is 7.71. The minimum absolute atomic E-state index is 1.10. The van der Waals surface area contributed by atoms with Crippen molar-refractivity contribution in [2.45, 2.75) is 38.5 Å². The molecule has 0 atom stereocenters. The molecular formula is C12H18. The van der Waals surface area contributed by atoms with Crippen LogP contribution in [-0.2, 0) is 0 Å². The molecule has 0 nitrogen and oxygen atoms in total. The van der Waals surface area contributed by atoms with Gasteiger partial charge in [-0.15, -0.1) is 0 Å². The van der Waals surface area contributed by atoms with Crippen LogP contribution in [0.1, 0.15) is 38.5 Å². The van der Waals surface area contributed by atoms with E-state index in [0.29, 0.717) is 0 Å². The summed E-state index contributed by atoms with van der Waals surface area (Å²) in [6, 6.07) is 0. The second kappa shape index (κ2) is 6.90. The van der Waals surface area contributed by atoms with Crippen LogP contribution in [0.15, 0.2) is 36.5 Å². The van der Waals surface area contributed by atoms with Crippen LogP contribution < -0.4 is 0 Å². The first kappa shape index (κ1) is 9.31. The van der Waals surface area contributed by atoms with Crippen molar-refractivity contribution < 1.29 is 0 Å². The van der Waals surface area contributed by atoms with Gasteiger partial charge in [-0.3, -0.25) is 0 Å². The summed E-state index contributed by atoms with van der Waals surface area (Å²) in [7, 11) is 0. The highest BCUT2D eigenvalue weighted by atomic mass is 13.9. The Morgan fingerprint density at radius 3 is 1.42 bits per heavy atom. The highest BCUT2D eigenvalue weighted by Gasteiger charge is 1.84. The largest absolute Gasteiger partial charge is 0.0882 e. The maximum atomic E-state index is 2.30. The van der Waals surface area contributed by atoms with Gasteiger partial charge in [-0.05, 0) is 38.5 Å². The van der Waals surface area contributed by atoms with Gasteiger partial charge in [0, 0.05) is 0 Å². The van der Waals surface area contributed by atoms with Gasteiger partial charge in [0.1, 0.15) is 0 Å². The molecule has 1 aliphatic rings. The van der Waals surface area contributed by atoms with E-state index in [1.54, 1.807) is 0 Å². The van der Waals surface area contributed by atoms with Crippen LogP contribution in [0.25, 0.3) is 0 Å². The normalized spacial score (nSPS) is 28.0. The SMILES string of the molecule is C1=C/C/C=C/CCCC/C=C/C/1. The molecule has 0 spiro atoms. The van der Waals surface area contributed by atoms with Crippen molar-refractivity contribution in [3.8, 4) is 0 Å². The van der Waals surface area contributed by atoms with Gasteiger partial charge >= 0.3 is 0 Å². The molecule has 0 aromatic heterocycles. The van der Waals surface area contributed by atoms with Crippen LogP contribution in [0.2, 0.25) is 0 Å². The molecule has 0 heteroatoms. The Morgan fingerprint density at radius 2 is 0.917 bits per heavy atom. The lowest BCUT2D eigenvalue weighted by Gasteiger charge is -1.94. The number of allylic oxidation sites excluding steroid dienone is 6. The van der Waals surface area contributed by atoms with Crippen molar-refractivity contribution in [3.05, 3.63) is 36.5 Å². The van der Waals surface area contributed by atoms with Crippen molar-refractivity contribution in [2.75, 3.05) is 0 Å². The molecule has 0 bridgehead atoms. The van der Waals surface area contributed by atoms with Crippen LogP contribution in [0.3, 0.4) is 0 Å². The molecule has 1 rings (SSSR count). The van der Waals surface area contributed by atoms with Gasteiger partial charge in [0.15, 0.2) is 0 Å². The van der Waals surface area contributed by atoms with E-state index in [1.807, 2.05) is 0 Å². The first-order chi connectivity index (χ1) is 6.00. The molecule has 66 valence electrons. The minimum Gasteiger partial charge on any atom is -0.0882 e.